The molecule has 0 aliphatic rings. The van der Waals surface area contributed by atoms with Gasteiger partial charge < -0.3 is 14.5 Å². The Balaban J connectivity index is 2.29. The molecule has 6 nitrogen and oxygen atoms in total. The molecule has 2 heterocycles. The fraction of sp³-hybridized carbons (Fsp3) is 0.538. The molecule has 2 rings (SSSR count). The predicted octanol–water partition coefficient (Wildman–Crippen LogP) is 1.43. The number of aryl methyl sites for hydroxylation is 1. The van der Waals surface area contributed by atoms with E-state index in [1.165, 1.54) is 10.9 Å². The Hall–Kier alpha value is -1.66. The van der Waals surface area contributed by atoms with Crippen molar-refractivity contribution in [2.24, 2.45) is 0 Å². The van der Waals surface area contributed by atoms with Gasteiger partial charge in [0.1, 0.15) is 12.0 Å². The Morgan fingerprint density at radius 3 is 2.68 bits per heavy atom. The van der Waals surface area contributed by atoms with Crippen LogP contribution in [0.4, 0.5) is 0 Å². The summed E-state index contributed by atoms with van der Waals surface area (Å²) in [4.78, 5) is 19.6. The molecule has 0 spiro atoms. The summed E-state index contributed by atoms with van der Waals surface area (Å²) >= 11 is 0. The topological polar surface area (TPSA) is 69.1 Å². The number of aromatic nitrogens is 3. The molecule has 2 aromatic heterocycles. The van der Waals surface area contributed by atoms with Crippen molar-refractivity contribution in [3.05, 3.63) is 28.4 Å². The Morgan fingerprint density at radius 2 is 2.05 bits per heavy atom. The van der Waals surface area contributed by atoms with Crippen LogP contribution in [0.15, 0.2) is 17.2 Å². The lowest BCUT2D eigenvalue weighted by atomic mass is 10.3. The van der Waals surface area contributed by atoms with E-state index in [-0.39, 0.29) is 5.56 Å². The number of aromatic amines is 1. The van der Waals surface area contributed by atoms with E-state index in [9.17, 15) is 4.79 Å². The van der Waals surface area contributed by atoms with Crippen molar-refractivity contribution in [1.82, 2.24) is 14.5 Å². The molecular weight excluding hydrogens is 246 g/mol. The van der Waals surface area contributed by atoms with Crippen molar-refractivity contribution in [2.75, 3.05) is 13.2 Å². The van der Waals surface area contributed by atoms with E-state index < -0.39 is 6.29 Å². The lowest BCUT2D eigenvalue weighted by Gasteiger charge is -2.17. The van der Waals surface area contributed by atoms with E-state index >= 15 is 0 Å². The fourth-order valence-electron chi connectivity index (χ4n) is 1.99. The summed E-state index contributed by atoms with van der Waals surface area (Å²) in [7, 11) is 0. The summed E-state index contributed by atoms with van der Waals surface area (Å²) in [6, 6.07) is 1.80. The van der Waals surface area contributed by atoms with Crippen LogP contribution in [0.3, 0.4) is 0 Å². The van der Waals surface area contributed by atoms with Crippen LogP contribution in [0.25, 0.3) is 11.0 Å². The second kappa shape index (κ2) is 5.99. The minimum Gasteiger partial charge on any atom is -0.351 e. The zero-order chi connectivity index (χ0) is 13.8. The molecule has 0 saturated carbocycles. The van der Waals surface area contributed by atoms with E-state index in [1.807, 2.05) is 20.8 Å². The molecule has 0 aliphatic carbocycles. The molecule has 0 aromatic carbocycles. The Bertz CT molecular complexity index is 597. The van der Waals surface area contributed by atoms with Gasteiger partial charge in [0.15, 0.2) is 6.29 Å². The Kier molecular flexibility index (Phi) is 4.34. The van der Waals surface area contributed by atoms with E-state index in [0.29, 0.717) is 30.8 Å². The number of rotatable bonds is 6. The molecule has 0 radical (unpaired) electrons. The molecule has 0 saturated heterocycles. The Morgan fingerprint density at radius 1 is 1.37 bits per heavy atom. The van der Waals surface area contributed by atoms with Crippen LogP contribution in [0.5, 0.6) is 0 Å². The number of hydrogen-bond acceptors (Lipinski definition) is 4. The smallest absolute Gasteiger partial charge is 0.262 e. The van der Waals surface area contributed by atoms with Gasteiger partial charge in [-0.1, -0.05) is 0 Å². The molecule has 19 heavy (non-hydrogen) atoms. The molecule has 0 bridgehead atoms. The first-order valence-electron chi connectivity index (χ1n) is 6.43. The van der Waals surface area contributed by atoms with E-state index in [4.69, 9.17) is 9.47 Å². The molecule has 6 heteroatoms. The highest BCUT2D eigenvalue weighted by Gasteiger charge is 2.12. The van der Waals surface area contributed by atoms with Gasteiger partial charge >= 0.3 is 0 Å². The van der Waals surface area contributed by atoms with Crippen LogP contribution in [0, 0.1) is 6.92 Å². The summed E-state index contributed by atoms with van der Waals surface area (Å²) in [6.07, 6.45) is 1.10. The number of fused-ring (bicyclic) bond motifs is 1. The minimum absolute atomic E-state index is 0.0845. The predicted molar refractivity (Wildman–Crippen MR) is 72.1 cm³/mol. The molecule has 0 amide bonds. The second-order valence-corrected chi connectivity index (χ2v) is 4.26. The highest BCUT2D eigenvalue weighted by molar-refractivity contribution is 5.74. The highest BCUT2D eigenvalue weighted by atomic mass is 16.7. The van der Waals surface area contributed by atoms with Gasteiger partial charge in [-0.15, -0.1) is 0 Å². The van der Waals surface area contributed by atoms with Crippen molar-refractivity contribution in [1.29, 1.82) is 0 Å². The van der Waals surface area contributed by atoms with Gasteiger partial charge in [-0.2, -0.15) is 0 Å². The Labute approximate surface area is 111 Å². The molecule has 2 aromatic rings. The molecular formula is C13H19N3O3. The maximum atomic E-state index is 12.3. The molecule has 104 valence electrons. The maximum Gasteiger partial charge on any atom is 0.262 e. The summed E-state index contributed by atoms with van der Waals surface area (Å²) in [5.74, 6) is 0. The van der Waals surface area contributed by atoms with Crippen LogP contribution in [0.1, 0.15) is 19.5 Å². The fourth-order valence-corrected chi connectivity index (χ4v) is 1.99. The zero-order valence-corrected chi connectivity index (χ0v) is 11.5. The van der Waals surface area contributed by atoms with Gasteiger partial charge in [-0.3, -0.25) is 9.36 Å². The van der Waals surface area contributed by atoms with Crippen LogP contribution in [0.2, 0.25) is 0 Å². The van der Waals surface area contributed by atoms with Gasteiger partial charge in [0.25, 0.3) is 5.56 Å². The third-order valence-corrected chi connectivity index (χ3v) is 2.80. The average molecular weight is 265 g/mol. The average Bonchev–Trinajstić information content (AvgIpc) is 2.75. The summed E-state index contributed by atoms with van der Waals surface area (Å²) in [6.45, 7) is 7.11. The SMILES string of the molecule is CCOC(Cn1cnc2[nH]c(C)cc2c1=O)OCC. The number of ether oxygens (including phenoxy) is 2. The quantitative estimate of drug-likeness (QED) is 0.802. The summed E-state index contributed by atoms with van der Waals surface area (Å²) in [5, 5.41) is 0.590. The lowest BCUT2D eigenvalue weighted by molar-refractivity contribution is -0.144. The number of nitrogens with one attached hydrogen (secondary N) is 1. The maximum absolute atomic E-state index is 12.3. The standard InChI is InChI=1S/C13H19N3O3/c1-4-18-11(19-5-2)7-16-8-14-12-10(13(16)17)6-9(3)15-12/h6,8,11,15H,4-5,7H2,1-3H3. The second-order valence-electron chi connectivity index (χ2n) is 4.26. The lowest BCUT2D eigenvalue weighted by Crippen LogP contribution is -2.30. The zero-order valence-electron chi connectivity index (χ0n) is 11.5. The first kappa shape index (κ1) is 13.8. The molecule has 1 N–H and O–H groups in total. The van der Waals surface area contributed by atoms with Crippen molar-refractivity contribution >= 4 is 11.0 Å². The first-order valence-corrected chi connectivity index (χ1v) is 6.43. The normalized spacial score (nSPS) is 11.6. The van der Waals surface area contributed by atoms with E-state index in [0.717, 1.165) is 5.69 Å². The van der Waals surface area contributed by atoms with Gasteiger partial charge in [0.05, 0.1) is 11.9 Å². The number of H-pyrrole nitrogens is 1. The van der Waals surface area contributed by atoms with Crippen LogP contribution in [-0.2, 0) is 16.0 Å². The first-order chi connectivity index (χ1) is 9.15. The van der Waals surface area contributed by atoms with Crippen LogP contribution < -0.4 is 5.56 Å². The van der Waals surface area contributed by atoms with Gasteiger partial charge in [0.2, 0.25) is 0 Å². The highest BCUT2D eigenvalue weighted by Crippen LogP contribution is 2.07. The third kappa shape index (κ3) is 3.02. The molecule has 0 fully saturated rings. The van der Waals surface area contributed by atoms with Crippen molar-refractivity contribution in [2.45, 2.75) is 33.6 Å². The molecule has 0 unspecified atom stereocenters. The number of hydrogen-bond donors (Lipinski definition) is 1. The van der Waals surface area contributed by atoms with Crippen molar-refractivity contribution in [3.63, 3.8) is 0 Å². The molecule has 0 atom stereocenters. The summed E-state index contributed by atoms with van der Waals surface area (Å²) < 4.78 is 12.4. The number of nitrogens with zero attached hydrogens (tertiary/aromatic N) is 2. The monoisotopic (exact) mass is 265 g/mol. The van der Waals surface area contributed by atoms with Crippen molar-refractivity contribution < 1.29 is 9.47 Å². The van der Waals surface area contributed by atoms with Gasteiger partial charge in [-0.25, -0.2) is 4.98 Å². The van der Waals surface area contributed by atoms with E-state index in [1.54, 1.807) is 6.07 Å². The summed E-state index contributed by atoms with van der Waals surface area (Å²) in [5.41, 5.74) is 1.45. The van der Waals surface area contributed by atoms with Crippen molar-refractivity contribution in [3.8, 4) is 0 Å². The largest absolute Gasteiger partial charge is 0.351 e. The van der Waals surface area contributed by atoms with Gasteiger partial charge in [-0.05, 0) is 26.8 Å². The minimum atomic E-state index is -0.424. The van der Waals surface area contributed by atoms with Crippen LogP contribution in [-0.4, -0.2) is 34.0 Å². The van der Waals surface area contributed by atoms with Gasteiger partial charge in [0, 0.05) is 18.9 Å². The van der Waals surface area contributed by atoms with E-state index in [2.05, 4.69) is 9.97 Å². The molecule has 0 aliphatic heterocycles. The van der Waals surface area contributed by atoms with Crippen LogP contribution >= 0.6 is 0 Å². The third-order valence-electron chi connectivity index (χ3n) is 2.80.